The number of rotatable bonds is 16. The molecule has 1 aromatic heterocycles. The largest absolute Gasteiger partial charge is 0.481 e. The van der Waals surface area contributed by atoms with Gasteiger partial charge in [-0.15, -0.1) is 0 Å². The molecule has 0 aliphatic heterocycles. The Hall–Kier alpha value is -4.70. The number of carbonyl (C=O) groups excluding carboxylic acids is 3. The molecule has 0 aliphatic rings. The third-order valence-corrected chi connectivity index (χ3v) is 6.09. The van der Waals surface area contributed by atoms with Gasteiger partial charge in [-0.3, -0.25) is 24.2 Å². The number of aliphatic hydroxyl groups excluding tert-OH is 1. The highest BCUT2D eigenvalue weighted by atomic mass is 16.4. The third kappa shape index (κ3) is 10.1. The zero-order valence-corrected chi connectivity index (χ0v) is 22.4. The van der Waals surface area contributed by atoms with Crippen LogP contribution in [0.2, 0.25) is 0 Å². The van der Waals surface area contributed by atoms with Crippen LogP contribution < -0.4 is 33.2 Å². The molecular weight excluding hydrogens is 540 g/mol. The molecule has 0 fully saturated rings. The number of amides is 3. The van der Waals surface area contributed by atoms with Crippen LogP contribution in [0.15, 0.2) is 35.5 Å². The number of carboxylic acid groups (broad SMARTS) is 2. The Labute approximate surface area is 234 Å². The lowest BCUT2D eigenvalue weighted by Gasteiger charge is -2.26. The fourth-order valence-corrected chi connectivity index (χ4v) is 3.95. The summed E-state index contributed by atoms with van der Waals surface area (Å²) in [5.74, 6) is -5.89. The number of nitrogens with zero attached hydrogens (tertiary/aromatic N) is 1. The van der Waals surface area contributed by atoms with Crippen molar-refractivity contribution in [2.24, 2.45) is 22.2 Å². The number of aromatic amines is 1. The Balaban J connectivity index is 2.10. The summed E-state index contributed by atoms with van der Waals surface area (Å²) in [5.41, 5.74) is 17.7. The Morgan fingerprint density at radius 1 is 0.976 bits per heavy atom. The average Bonchev–Trinajstić information content (AvgIpc) is 3.30. The van der Waals surface area contributed by atoms with Gasteiger partial charge in [-0.25, -0.2) is 4.79 Å². The first-order valence-corrected chi connectivity index (χ1v) is 12.7. The highest BCUT2D eigenvalue weighted by Gasteiger charge is 2.33. The molecule has 0 spiro atoms. The summed E-state index contributed by atoms with van der Waals surface area (Å²) in [6, 6.07) is 1.30. The Kier molecular flexibility index (Phi) is 12.0. The van der Waals surface area contributed by atoms with Crippen LogP contribution in [0.1, 0.15) is 31.7 Å². The fourth-order valence-electron chi connectivity index (χ4n) is 3.95. The maximum Gasteiger partial charge on any atom is 0.326 e. The first-order chi connectivity index (χ1) is 19.3. The molecule has 0 aliphatic carbocycles. The van der Waals surface area contributed by atoms with Gasteiger partial charge in [0.1, 0.15) is 18.1 Å². The number of guanidine groups is 1. The minimum atomic E-state index is -1.67. The minimum Gasteiger partial charge on any atom is -0.481 e. The number of aromatic nitrogens is 1. The first-order valence-electron chi connectivity index (χ1n) is 12.7. The molecule has 41 heavy (non-hydrogen) atoms. The SMILES string of the molecule is CC(O)C(NC(=O)C(CC(=O)O)NC(=O)C(N)CCCN=C(N)N)C(=O)NC(Cc1c[nH]c2ccccc12)C(=O)O. The molecule has 2 rings (SSSR count). The zero-order chi connectivity index (χ0) is 30.7. The molecule has 16 heteroatoms. The summed E-state index contributed by atoms with van der Waals surface area (Å²) in [6.45, 7) is 1.38. The van der Waals surface area contributed by atoms with Crippen LogP contribution in [0, 0.1) is 0 Å². The summed E-state index contributed by atoms with van der Waals surface area (Å²) < 4.78 is 0. The Bertz CT molecular complexity index is 1270. The van der Waals surface area contributed by atoms with E-state index >= 15 is 0 Å². The number of nitrogens with one attached hydrogen (secondary N) is 4. The van der Waals surface area contributed by atoms with Crippen molar-refractivity contribution in [3.8, 4) is 0 Å². The van der Waals surface area contributed by atoms with Gasteiger partial charge in [-0.2, -0.15) is 0 Å². The Morgan fingerprint density at radius 3 is 2.24 bits per heavy atom. The van der Waals surface area contributed by atoms with E-state index in [1.807, 2.05) is 0 Å². The molecule has 2 aromatic rings. The molecule has 5 atom stereocenters. The number of aliphatic carboxylic acids is 2. The van der Waals surface area contributed by atoms with E-state index in [1.165, 1.54) is 6.92 Å². The van der Waals surface area contributed by atoms with E-state index in [1.54, 1.807) is 30.5 Å². The number of carboxylic acids is 2. The highest BCUT2D eigenvalue weighted by molar-refractivity contribution is 5.96. The number of aliphatic imine (C=N–C) groups is 1. The predicted molar refractivity (Wildman–Crippen MR) is 147 cm³/mol. The molecule has 0 radical (unpaired) electrons. The van der Waals surface area contributed by atoms with Gasteiger partial charge in [0.05, 0.1) is 18.6 Å². The normalized spacial score (nSPS) is 14.6. The maximum absolute atomic E-state index is 13.0. The van der Waals surface area contributed by atoms with E-state index in [0.717, 1.165) is 10.9 Å². The smallest absolute Gasteiger partial charge is 0.326 e. The summed E-state index contributed by atoms with van der Waals surface area (Å²) in [5, 5.41) is 36.7. The second kappa shape index (κ2) is 15.2. The number of hydrogen-bond donors (Lipinski definition) is 10. The standard InChI is InChI=1S/C25H36N8O8/c1-12(34)20(23(39)32-18(24(40)41)9-13-11-30-16-7-3-2-5-14(13)16)33-22(38)17(10-19(35)36)31-21(37)15(26)6-4-8-29-25(27)28/h2-3,5,7,11-12,15,17-18,20,30,34H,4,6,8-10,26H2,1H3,(H,31,37)(H,32,39)(H,33,38)(H,35,36)(H,40,41)(H4,27,28,29). The van der Waals surface area contributed by atoms with Crippen molar-refractivity contribution in [3.63, 3.8) is 0 Å². The number of fused-ring (bicyclic) bond motifs is 1. The number of aliphatic hydroxyl groups is 1. The lowest BCUT2D eigenvalue weighted by Crippen LogP contribution is -2.60. The van der Waals surface area contributed by atoms with E-state index in [-0.39, 0.29) is 25.3 Å². The van der Waals surface area contributed by atoms with Gasteiger partial charge in [0.2, 0.25) is 17.7 Å². The molecule has 0 saturated carbocycles. The fraction of sp³-hybridized carbons (Fsp3) is 0.440. The molecule has 13 N–H and O–H groups in total. The number of benzene rings is 1. The van der Waals surface area contributed by atoms with E-state index in [2.05, 4.69) is 25.9 Å². The molecule has 3 amide bonds. The van der Waals surface area contributed by atoms with Crippen molar-refractivity contribution < 1.29 is 39.3 Å². The minimum absolute atomic E-state index is 0.107. The summed E-state index contributed by atoms with van der Waals surface area (Å²) in [6.07, 6.45) is -0.410. The Morgan fingerprint density at radius 2 is 1.63 bits per heavy atom. The van der Waals surface area contributed by atoms with Crippen LogP contribution in [-0.2, 0) is 30.4 Å². The number of para-hydroxylation sites is 1. The molecule has 0 bridgehead atoms. The zero-order valence-electron chi connectivity index (χ0n) is 22.4. The second-order valence-corrected chi connectivity index (χ2v) is 9.40. The average molecular weight is 577 g/mol. The summed E-state index contributed by atoms with van der Waals surface area (Å²) in [7, 11) is 0. The first kappa shape index (κ1) is 32.5. The van der Waals surface area contributed by atoms with Gasteiger partial charge in [0.15, 0.2) is 5.96 Å². The number of H-pyrrole nitrogens is 1. The van der Waals surface area contributed by atoms with Gasteiger partial charge in [0, 0.05) is 30.1 Å². The topological polar surface area (TPSA) is 288 Å². The van der Waals surface area contributed by atoms with Crippen LogP contribution in [0.5, 0.6) is 0 Å². The lowest BCUT2D eigenvalue weighted by atomic mass is 10.0. The van der Waals surface area contributed by atoms with Crippen LogP contribution in [0.3, 0.4) is 0 Å². The van der Waals surface area contributed by atoms with Crippen molar-refractivity contribution in [2.75, 3.05) is 6.54 Å². The molecule has 1 aromatic carbocycles. The maximum atomic E-state index is 13.0. The van der Waals surface area contributed by atoms with E-state index in [9.17, 15) is 39.3 Å². The van der Waals surface area contributed by atoms with Gasteiger partial charge in [-0.1, -0.05) is 18.2 Å². The van der Waals surface area contributed by atoms with E-state index < -0.39 is 66.4 Å². The van der Waals surface area contributed by atoms with Gasteiger partial charge in [0.25, 0.3) is 0 Å². The molecule has 0 saturated heterocycles. The van der Waals surface area contributed by atoms with Crippen molar-refractivity contribution in [2.45, 2.75) is 62.9 Å². The van der Waals surface area contributed by atoms with E-state index in [4.69, 9.17) is 17.2 Å². The van der Waals surface area contributed by atoms with Crippen molar-refractivity contribution in [1.29, 1.82) is 0 Å². The summed E-state index contributed by atoms with van der Waals surface area (Å²) in [4.78, 5) is 68.5. The van der Waals surface area contributed by atoms with Gasteiger partial charge in [-0.05, 0) is 31.4 Å². The number of nitrogens with two attached hydrogens (primary N) is 3. The van der Waals surface area contributed by atoms with Crippen LogP contribution in [-0.4, -0.2) is 92.7 Å². The predicted octanol–water partition coefficient (Wildman–Crippen LogP) is -2.51. The van der Waals surface area contributed by atoms with E-state index in [0.29, 0.717) is 12.0 Å². The molecule has 5 unspecified atom stereocenters. The molecular formula is C25H36N8O8. The third-order valence-electron chi connectivity index (χ3n) is 6.09. The molecule has 1 heterocycles. The van der Waals surface area contributed by atoms with Gasteiger partial charge < -0.3 is 53.5 Å². The number of hydrogen-bond acceptors (Lipinski definition) is 8. The van der Waals surface area contributed by atoms with Crippen LogP contribution in [0.25, 0.3) is 10.9 Å². The molecule has 224 valence electrons. The van der Waals surface area contributed by atoms with Crippen LogP contribution >= 0.6 is 0 Å². The van der Waals surface area contributed by atoms with Gasteiger partial charge >= 0.3 is 11.9 Å². The highest BCUT2D eigenvalue weighted by Crippen LogP contribution is 2.19. The molecule has 16 nitrogen and oxygen atoms in total. The lowest BCUT2D eigenvalue weighted by molar-refractivity contribution is -0.144. The van der Waals surface area contributed by atoms with Crippen LogP contribution in [0.4, 0.5) is 0 Å². The second-order valence-electron chi connectivity index (χ2n) is 9.40. The number of carbonyl (C=O) groups is 5. The quantitative estimate of drug-likeness (QED) is 0.0565. The van der Waals surface area contributed by atoms with Crippen molar-refractivity contribution >= 4 is 46.5 Å². The summed E-state index contributed by atoms with van der Waals surface area (Å²) >= 11 is 0. The van der Waals surface area contributed by atoms with Crippen molar-refractivity contribution in [3.05, 3.63) is 36.0 Å². The van der Waals surface area contributed by atoms with Crippen molar-refractivity contribution in [1.82, 2.24) is 20.9 Å². The monoisotopic (exact) mass is 576 g/mol.